The molecule has 1 saturated heterocycles. The van der Waals surface area contributed by atoms with Crippen LogP contribution >= 0.6 is 0 Å². The third-order valence-electron chi connectivity index (χ3n) is 3.33. The summed E-state index contributed by atoms with van der Waals surface area (Å²) in [6.45, 7) is 4.17. The Hall–Kier alpha value is -1.62. The van der Waals surface area contributed by atoms with E-state index in [1.54, 1.807) is 13.2 Å². The number of ether oxygens (including phenoxy) is 1. The van der Waals surface area contributed by atoms with Crippen molar-refractivity contribution in [3.05, 3.63) is 23.9 Å². The minimum Gasteiger partial charge on any atom is -0.377 e. The molecular formula is C14H21N3O2. The highest BCUT2D eigenvalue weighted by molar-refractivity contribution is 5.94. The highest BCUT2D eigenvalue weighted by Gasteiger charge is 2.24. The molecule has 1 aliphatic heterocycles. The molecule has 0 aromatic carbocycles. The molecule has 0 radical (unpaired) electrons. The number of likely N-dealkylation sites (tertiary alicyclic amines) is 1. The molecule has 2 rings (SSSR count). The quantitative estimate of drug-likeness (QED) is 0.899. The van der Waals surface area contributed by atoms with E-state index in [-0.39, 0.29) is 12.0 Å². The average Bonchev–Trinajstić information content (AvgIpc) is 2.47. The summed E-state index contributed by atoms with van der Waals surface area (Å²) in [5.74, 6) is 0.807. The molecule has 1 atom stereocenters. The van der Waals surface area contributed by atoms with Gasteiger partial charge in [-0.25, -0.2) is 4.98 Å². The Labute approximate surface area is 114 Å². The van der Waals surface area contributed by atoms with E-state index in [0.29, 0.717) is 18.7 Å². The first-order valence-corrected chi connectivity index (χ1v) is 6.79. The second kappa shape index (κ2) is 6.52. The fourth-order valence-corrected chi connectivity index (χ4v) is 2.35. The van der Waals surface area contributed by atoms with Crippen LogP contribution in [0, 0.1) is 0 Å². The summed E-state index contributed by atoms with van der Waals surface area (Å²) in [7, 11) is 1.81. The fraction of sp³-hybridized carbons (Fsp3) is 0.571. The van der Waals surface area contributed by atoms with E-state index >= 15 is 0 Å². The van der Waals surface area contributed by atoms with Crippen LogP contribution in [0.2, 0.25) is 0 Å². The normalized spacial score (nSPS) is 19.3. The topological polar surface area (TPSA) is 54.5 Å². The van der Waals surface area contributed by atoms with Crippen molar-refractivity contribution in [3.8, 4) is 0 Å². The van der Waals surface area contributed by atoms with E-state index in [9.17, 15) is 4.79 Å². The lowest BCUT2D eigenvalue weighted by Gasteiger charge is -2.32. The molecule has 104 valence electrons. The van der Waals surface area contributed by atoms with Gasteiger partial charge in [0, 0.05) is 32.9 Å². The average molecular weight is 263 g/mol. The number of aromatic nitrogens is 1. The smallest absolute Gasteiger partial charge is 0.255 e. The molecule has 0 bridgehead atoms. The lowest BCUT2D eigenvalue weighted by molar-refractivity contribution is 0.00723. The van der Waals surface area contributed by atoms with Crippen LogP contribution in [0.1, 0.15) is 30.1 Å². The minimum atomic E-state index is 0.0413. The third-order valence-corrected chi connectivity index (χ3v) is 3.33. The van der Waals surface area contributed by atoms with Crippen molar-refractivity contribution >= 4 is 11.7 Å². The molecule has 0 spiro atoms. The van der Waals surface area contributed by atoms with E-state index in [2.05, 4.69) is 10.3 Å². The number of amides is 1. The number of rotatable bonds is 4. The third kappa shape index (κ3) is 3.44. The summed E-state index contributed by atoms with van der Waals surface area (Å²) in [6, 6.07) is 3.63. The van der Waals surface area contributed by atoms with Crippen LogP contribution in [0.15, 0.2) is 18.3 Å². The van der Waals surface area contributed by atoms with Crippen molar-refractivity contribution in [3.63, 3.8) is 0 Å². The van der Waals surface area contributed by atoms with Crippen LogP contribution < -0.4 is 5.32 Å². The maximum Gasteiger partial charge on any atom is 0.255 e. The summed E-state index contributed by atoms with van der Waals surface area (Å²) in [5.41, 5.74) is 0.635. The lowest BCUT2D eigenvalue weighted by Crippen LogP contribution is -2.43. The number of piperidine rings is 1. The van der Waals surface area contributed by atoms with Gasteiger partial charge in [-0.05, 0) is 31.9 Å². The molecule has 5 nitrogen and oxygen atoms in total. The van der Waals surface area contributed by atoms with E-state index in [4.69, 9.17) is 4.74 Å². The van der Waals surface area contributed by atoms with Crippen LogP contribution in [0.25, 0.3) is 0 Å². The molecule has 2 heterocycles. The van der Waals surface area contributed by atoms with Gasteiger partial charge in [0.15, 0.2) is 0 Å². The molecular weight excluding hydrogens is 242 g/mol. The van der Waals surface area contributed by atoms with E-state index in [1.807, 2.05) is 24.0 Å². The summed E-state index contributed by atoms with van der Waals surface area (Å²) in [6.07, 6.45) is 3.83. The van der Waals surface area contributed by atoms with Crippen molar-refractivity contribution in [2.75, 3.05) is 32.1 Å². The largest absolute Gasteiger partial charge is 0.377 e. The van der Waals surface area contributed by atoms with Crippen molar-refractivity contribution in [2.24, 2.45) is 0 Å². The van der Waals surface area contributed by atoms with Gasteiger partial charge in [0.2, 0.25) is 0 Å². The SMILES string of the molecule is CCOC1CCCN(C(=O)c2ccc(NC)nc2)C1. The second-order valence-corrected chi connectivity index (χ2v) is 4.65. The number of carbonyl (C=O) groups is 1. The maximum absolute atomic E-state index is 12.4. The van der Waals surface area contributed by atoms with Gasteiger partial charge in [-0.1, -0.05) is 0 Å². The number of anilines is 1. The molecule has 1 N–H and O–H groups in total. The minimum absolute atomic E-state index is 0.0413. The monoisotopic (exact) mass is 263 g/mol. The molecule has 0 saturated carbocycles. The van der Waals surface area contributed by atoms with Gasteiger partial charge >= 0.3 is 0 Å². The highest BCUT2D eigenvalue weighted by atomic mass is 16.5. The number of pyridine rings is 1. The lowest BCUT2D eigenvalue weighted by atomic mass is 10.1. The predicted octanol–water partition coefficient (Wildman–Crippen LogP) is 1.76. The van der Waals surface area contributed by atoms with Gasteiger partial charge < -0.3 is 15.0 Å². The Morgan fingerprint density at radius 2 is 2.42 bits per heavy atom. The molecule has 1 aromatic rings. The first-order chi connectivity index (χ1) is 9.24. The molecule has 1 unspecified atom stereocenters. The Balaban J connectivity index is 2.01. The van der Waals surface area contributed by atoms with Gasteiger partial charge in [-0.15, -0.1) is 0 Å². The van der Waals surface area contributed by atoms with Crippen molar-refractivity contribution in [2.45, 2.75) is 25.9 Å². The zero-order chi connectivity index (χ0) is 13.7. The molecule has 1 aromatic heterocycles. The Bertz CT molecular complexity index is 417. The highest BCUT2D eigenvalue weighted by Crippen LogP contribution is 2.16. The summed E-state index contributed by atoms with van der Waals surface area (Å²) in [5, 5.41) is 2.94. The molecule has 1 amide bonds. The number of carbonyl (C=O) groups excluding carboxylic acids is 1. The van der Waals surface area contributed by atoms with Crippen molar-refractivity contribution in [1.82, 2.24) is 9.88 Å². The van der Waals surface area contributed by atoms with Crippen LogP contribution in [-0.2, 0) is 4.74 Å². The molecule has 5 heteroatoms. The second-order valence-electron chi connectivity index (χ2n) is 4.65. The summed E-state index contributed by atoms with van der Waals surface area (Å²) >= 11 is 0. The number of nitrogens with zero attached hydrogens (tertiary/aromatic N) is 2. The van der Waals surface area contributed by atoms with Gasteiger partial charge in [0.05, 0.1) is 11.7 Å². The fourth-order valence-electron chi connectivity index (χ4n) is 2.35. The standard InChI is InChI=1S/C14H21N3O2/c1-3-19-12-5-4-8-17(10-12)14(18)11-6-7-13(15-2)16-9-11/h6-7,9,12H,3-5,8,10H2,1-2H3,(H,15,16). The molecule has 1 aliphatic rings. The number of nitrogens with one attached hydrogen (secondary N) is 1. The molecule has 0 aliphatic carbocycles. The zero-order valence-electron chi connectivity index (χ0n) is 11.6. The van der Waals surface area contributed by atoms with Crippen LogP contribution in [0.4, 0.5) is 5.82 Å². The number of hydrogen-bond donors (Lipinski definition) is 1. The van der Waals surface area contributed by atoms with Gasteiger partial charge in [0.1, 0.15) is 5.82 Å². The van der Waals surface area contributed by atoms with Crippen molar-refractivity contribution < 1.29 is 9.53 Å². The maximum atomic E-state index is 12.4. The zero-order valence-corrected chi connectivity index (χ0v) is 11.6. The van der Waals surface area contributed by atoms with Gasteiger partial charge in [-0.3, -0.25) is 4.79 Å². The van der Waals surface area contributed by atoms with E-state index in [1.165, 1.54) is 0 Å². The van der Waals surface area contributed by atoms with Crippen LogP contribution in [-0.4, -0.2) is 48.6 Å². The number of hydrogen-bond acceptors (Lipinski definition) is 4. The Kier molecular flexibility index (Phi) is 4.74. The van der Waals surface area contributed by atoms with E-state index < -0.39 is 0 Å². The Morgan fingerprint density at radius 1 is 1.58 bits per heavy atom. The van der Waals surface area contributed by atoms with Gasteiger partial charge in [0.25, 0.3) is 5.91 Å². The summed E-state index contributed by atoms with van der Waals surface area (Å²) in [4.78, 5) is 18.4. The van der Waals surface area contributed by atoms with Crippen LogP contribution in [0.3, 0.4) is 0 Å². The molecule has 19 heavy (non-hydrogen) atoms. The Morgan fingerprint density at radius 3 is 3.05 bits per heavy atom. The van der Waals surface area contributed by atoms with E-state index in [0.717, 1.165) is 25.2 Å². The first-order valence-electron chi connectivity index (χ1n) is 6.79. The first kappa shape index (κ1) is 13.8. The van der Waals surface area contributed by atoms with Crippen LogP contribution in [0.5, 0.6) is 0 Å². The van der Waals surface area contributed by atoms with Crippen molar-refractivity contribution in [1.29, 1.82) is 0 Å². The predicted molar refractivity (Wildman–Crippen MR) is 74.3 cm³/mol. The van der Waals surface area contributed by atoms with Gasteiger partial charge in [-0.2, -0.15) is 0 Å². The molecule has 1 fully saturated rings. The summed E-state index contributed by atoms with van der Waals surface area (Å²) < 4.78 is 5.62.